The predicted octanol–water partition coefficient (Wildman–Crippen LogP) is 0.643. The van der Waals surface area contributed by atoms with E-state index < -0.39 is 0 Å². The Morgan fingerprint density at radius 1 is 1.50 bits per heavy atom. The van der Waals surface area contributed by atoms with Crippen LogP contribution in [0.4, 0.5) is 0 Å². The van der Waals surface area contributed by atoms with Crippen molar-refractivity contribution in [1.29, 1.82) is 0 Å². The third kappa shape index (κ3) is 2.28. The lowest BCUT2D eigenvalue weighted by Gasteiger charge is -2.45. The van der Waals surface area contributed by atoms with E-state index in [-0.39, 0.29) is 5.41 Å². The first-order chi connectivity index (χ1) is 8.78. The van der Waals surface area contributed by atoms with Crippen molar-refractivity contribution in [1.82, 2.24) is 15.2 Å². The zero-order valence-corrected chi connectivity index (χ0v) is 10.9. The average molecular weight is 247 g/mol. The maximum atomic E-state index is 5.48. The Morgan fingerprint density at radius 2 is 2.39 bits per heavy atom. The van der Waals surface area contributed by atoms with E-state index in [2.05, 4.69) is 34.4 Å². The summed E-state index contributed by atoms with van der Waals surface area (Å²) in [5.74, 6) is 0. The number of piperazine rings is 1. The van der Waals surface area contributed by atoms with Gasteiger partial charge in [0.05, 0.1) is 24.3 Å². The van der Waals surface area contributed by atoms with Crippen LogP contribution < -0.4 is 5.32 Å². The summed E-state index contributed by atoms with van der Waals surface area (Å²) in [5.41, 5.74) is 1.32. The van der Waals surface area contributed by atoms with Crippen molar-refractivity contribution in [2.75, 3.05) is 39.9 Å². The van der Waals surface area contributed by atoms with E-state index in [1.165, 1.54) is 5.69 Å². The molecule has 1 N–H and O–H groups in total. The third-order valence-electron chi connectivity index (χ3n) is 4.06. The van der Waals surface area contributed by atoms with Crippen molar-refractivity contribution >= 4 is 0 Å². The molecule has 3 rings (SSSR count). The molecule has 0 aliphatic carbocycles. The van der Waals surface area contributed by atoms with Crippen molar-refractivity contribution in [2.24, 2.45) is 0 Å². The molecule has 0 spiro atoms. The van der Waals surface area contributed by atoms with E-state index in [1.807, 2.05) is 12.3 Å². The van der Waals surface area contributed by atoms with Crippen molar-refractivity contribution in [3.05, 3.63) is 30.1 Å². The molecule has 0 aromatic carbocycles. The summed E-state index contributed by atoms with van der Waals surface area (Å²) in [7, 11) is 2.19. The normalized spacial score (nSPS) is 27.7. The predicted molar refractivity (Wildman–Crippen MR) is 70.6 cm³/mol. The van der Waals surface area contributed by atoms with E-state index in [9.17, 15) is 0 Å². The van der Waals surface area contributed by atoms with Gasteiger partial charge in [-0.25, -0.2) is 0 Å². The molecule has 0 amide bonds. The molecule has 1 unspecified atom stereocenters. The molecular weight excluding hydrogens is 226 g/mol. The highest BCUT2D eigenvalue weighted by Gasteiger charge is 2.43. The third-order valence-corrected chi connectivity index (χ3v) is 4.06. The Kier molecular flexibility index (Phi) is 3.33. The van der Waals surface area contributed by atoms with Gasteiger partial charge < -0.3 is 15.0 Å². The van der Waals surface area contributed by atoms with Crippen LogP contribution in [-0.2, 0) is 10.2 Å². The maximum Gasteiger partial charge on any atom is 0.0608 e. The van der Waals surface area contributed by atoms with Gasteiger partial charge in [0, 0.05) is 31.9 Å². The van der Waals surface area contributed by atoms with E-state index >= 15 is 0 Å². The van der Waals surface area contributed by atoms with Gasteiger partial charge in [0.1, 0.15) is 0 Å². The minimum Gasteiger partial charge on any atom is -0.379 e. The van der Waals surface area contributed by atoms with Gasteiger partial charge in [-0.05, 0) is 25.6 Å². The van der Waals surface area contributed by atoms with Crippen LogP contribution >= 0.6 is 0 Å². The van der Waals surface area contributed by atoms with Crippen LogP contribution in [0.15, 0.2) is 24.4 Å². The Labute approximate surface area is 108 Å². The number of hydrogen-bond acceptors (Lipinski definition) is 4. The Bertz CT molecular complexity index is 391. The molecule has 0 saturated carbocycles. The Balaban J connectivity index is 1.72. The number of ether oxygens (including phenoxy) is 1. The lowest BCUT2D eigenvalue weighted by atomic mass is 9.76. The molecule has 2 fully saturated rings. The van der Waals surface area contributed by atoms with Gasteiger partial charge >= 0.3 is 0 Å². The summed E-state index contributed by atoms with van der Waals surface area (Å²) >= 11 is 0. The monoisotopic (exact) mass is 247 g/mol. The first-order valence-corrected chi connectivity index (χ1v) is 6.70. The fourth-order valence-corrected chi connectivity index (χ4v) is 3.00. The van der Waals surface area contributed by atoms with Gasteiger partial charge in [0.2, 0.25) is 0 Å². The standard InChI is InChI=1S/C14H21N3O/c1-17-7-6-15-12(9-17)8-14(10-18-11-14)13-4-2-3-5-16-13/h2-5,12,15H,6-11H2,1H3. The quantitative estimate of drug-likeness (QED) is 0.851. The van der Waals surface area contributed by atoms with Crippen molar-refractivity contribution < 1.29 is 4.74 Å². The molecule has 0 bridgehead atoms. The van der Waals surface area contributed by atoms with Gasteiger partial charge in [-0.2, -0.15) is 0 Å². The van der Waals surface area contributed by atoms with Gasteiger partial charge in [0.25, 0.3) is 0 Å². The second kappa shape index (κ2) is 4.96. The SMILES string of the molecule is CN1CCNC(CC2(c3ccccn3)COC2)C1. The summed E-state index contributed by atoms with van der Waals surface area (Å²) in [6.07, 6.45) is 3.00. The number of likely N-dealkylation sites (N-methyl/N-ethyl adjacent to an activating group) is 1. The van der Waals surface area contributed by atoms with Crippen LogP contribution in [0.25, 0.3) is 0 Å². The minimum atomic E-state index is 0.136. The lowest BCUT2D eigenvalue weighted by molar-refractivity contribution is -0.0727. The molecule has 2 saturated heterocycles. The van der Waals surface area contributed by atoms with E-state index in [0.29, 0.717) is 6.04 Å². The summed E-state index contributed by atoms with van der Waals surface area (Å²) in [6.45, 7) is 4.97. The number of aromatic nitrogens is 1. The van der Waals surface area contributed by atoms with Crippen molar-refractivity contribution in [3.63, 3.8) is 0 Å². The smallest absolute Gasteiger partial charge is 0.0608 e. The summed E-state index contributed by atoms with van der Waals surface area (Å²) in [6, 6.07) is 6.73. The molecule has 4 heteroatoms. The maximum absolute atomic E-state index is 5.48. The number of nitrogens with zero attached hydrogens (tertiary/aromatic N) is 2. The number of nitrogens with one attached hydrogen (secondary N) is 1. The van der Waals surface area contributed by atoms with E-state index in [4.69, 9.17) is 4.74 Å². The number of hydrogen-bond donors (Lipinski definition) is 1. The molecular formula is C14H21N3O. The van der Waals surface area contributed by atoms with E-state index in [0.717, 1.165) is 39.3 Å². The highest BCUT2D eigenvalue weighted by Crippen LogP contribution is 2.35. The topological polar surface area (TPSA) is 37.4 Å². The zero-order chi connectivity index (χ0) is 12.4. The van der Waals surface area contributed by atoms with Gasteiger partial charge in [-0.3, -0.25) is 4.98 Å². The molecule has 2 aliphatic rings. The number of rotatable bonds is 3. The zero-order valence-electron chi connectivity index (χ0n) is 10.9. The fourth-order valence-electron chi connectivity index (χ4n) is 3.00. The minimum absolute atomic E-state index is 0.136. The molecule has 2 aliphatic heterocycles. The fraction of sp³-hybridized carbons (Fsp3) is 0.643. The van der Waals surface area contributed by atoms with E-state index in [1.54, 1.807) is 0 Å². The highest BCUT2D eigenvalue weighted by atomic mass is 16.5. The van der Waals surface area contributed by atoms with Crippen LogP contribution in [-0.4, -0.2) is 55.8 Å². The molecule has 1 aromatic heterocycles. The summed E-state index contributed by atoms with van der Waals surface area (Å²) in [4.78, 5) is 6.93. The van der Waals surface area contributed by atoms with Gasteiger partial charge in [0.15, 0.2) is 0 Å². The molecule has 18 heavy (non-hydrogen) atoms. The molecule has 1 aromatic rings. The Hall–Kier alpha value is -0.970. The molecule has 4 nitrogen and oxygen atoms in total. The van der Waals surface area contributed by atoms with Crippen LogP contribution in [0.2, 0.25) is 0 Å². The number of pyridine rings is 1. The lowest BCUT2D eigenvalue weighted by Crippen LogP contribution is -2.56. The first kappa shape index (κ1) is 12.1. The molecule has 3 heterocycles. The average Bonchev–Trinajstić information content (AvgIpc) is 2.35. The van der Waals surface area contributed by atoms with Crippen molar-refractivity contribution in [2.45, 2.75) is 17.9 Å². The van der Waals surface area contributed by atoms with Crippen LogP contribution in [0, 0.1) is 0 Å². The van der Waals surface area contributed by atoms with Crippen LogP contribution in [0.1, 0.15) is 12.1 Å². The highest BCUT2D eigenvalue weighted by molar-refractivity contribution is 5.21. The van der Waals surface area contributed by atoms with Gasteiger partial charge in [-0.1, -0.05) is 6.07 Å². The molecule has 0 radical (unpaired) electrons. The van der Waals surface area contributed by atoms with Gasteiger partial charge in [-0.15, -0.1) is 0 Å². The molecule has 98 valence electrons. The second-order valence-corrected chi connectivity index (χ2v) is 5.61. The summed E-state index contributed by atoms with van der Waals surface area (Å²) < 4.78 is 5.48. The second-order valence-electron chi connectivity index (χ2n) is 5.61. The summed E-state index contributed by atoms with van der Waals surface area (Å²) in [5, 5.41) is 3.62. The first-order valence-electron chi connectivity index (χ1n) is 6.70. The van der Waals surface area contributed by atoms with Crippen molar-refractivity contribution in [3.8, 4) is 0 Å². The van der Waals surface area contributed by atoms with Crippen LogP contribution in [0.5, 0.6) is 0 Å². The molecule has 1 atom stereocenters. The van der Waals surface area contributed by atoms with Crippen LogP contribution in [0.3, 0.4) is 0 Å². The Morgan fingerprint density at radius 3 is 3.00 bits per heavy atom. The largest absolute Gasteiger partial charge is 0.379 e.